The van der Waals surface area contributed by atoms with Gasteiger partial charge >= 0.3 is 12.0 Å². The molecular formula is C30H28ClN3O4. The lowest BCUT2D eigenvalue weighted by Gasteiger charge is -2.13. The van der Waals surface area contributed by atoms with Crippen LogP contribution >= 0.6 is 11.6 Å². The molecule has 0 radical (unpaired) electrons. The number of aryl methyl sites for hydroxylation is 1. The summed E-state index contributed by atoms with van der Waals surface area (Å²) in [5.41, 5.74) is 4.82. The second kappa shape index (κ2) is 11.8. The number of rotatable bonds is 8. The summed E-state index contributed by atoms with van der Waals surface area (Å²) in [7, 11) is 0. The number of hydrogen-bond acceptors (Lipinski definition) is 3. The van der Waals surface area contributed by atoms with E-state index in [2.05, 4.69) is 10.6 Å². The van der Waals surface area contributed by atoms with Gasteiger partial charge in [0.2, 0.25) is 0 Å². The van der Waals surface area contributed by atoms with Crippen LogP contribution in [0.2, 0.25) is 5.02 Å². The first kappa shape index (κ1) is 26.7. The topological polar surface area (TPSA) is 100 Å². The van der Waals surface area contributed by atoms with Gasteiger partial charge in [-0.05, 0) is 59.9 Å². The van der Waals surface area contributed by atoms with Gasteiger partial charge in [-0.3, -0.25) is 9.59 Å². The Bertz CT molecular complexity index is 1530. The van der Waals surface area contributed by atoms with E-state index < -0.39 is 12.0 Å². The number of urea groups is 1. The summed E-state index contributed by atoms with van der Waals surface area (Å²) in [5, 5.41) is 14.9. The predicted molar refractivity (Wildman–Crippen MR) is 151 cm³/mol. The van der Waals surface area contributed by atoms with Gasteiger partial charge in [0, 0.05) is 28.7 Å². The number of nitrogens with one attached hydrogen (secondary N) is 2. The van der Waals surface area contributed by atoms with Crippen molar-refractivity contribution in [2.45, 2.75) is 32.7 Å². The monoisotopic (exact) mass is 529 g/mol. The Labute approximate surface area is 225 Å². The van der Waals surface area contributed by atoms with Crippen LogP contribution in [0.3, 0.4) is 0 Å². The van der Waals surface area contributed by atoms with E-state index in [-0.39, 0.29) is 17.9 Å². The van der Waals surface area contributed by atoms with Crippen molar-refractivity contribution >= 4 is 35.0 Å². The van der Waals surface area contributed by atoms with E-state index in [0.29, 0.717) is 34.1 Å². The van der Waals surface area contributed by atoms with Crippen molar-refractivity contribution in [1.82, 2.24) is 4.57 Å². The molecule has 0 aliphatic heterocycles. The second-order valence-corrected chi connectivity index (χ2v) is 9.59. The summed E-state index contributed by atoms with van der Waals surface area (Å²) < 4.78 is 1.60. The number of halogens is 1. The Kier molecular flexibility index (Phi) is 8.28. The van der Waals surface area contributed by atoms with Crippen LogP contribution < -0.4 is 16.2 Å². The summed E-state index contributed by atoms with van der Waals surface area (Å²) in [6.45, 7) is 4.14. The minimum atomic E-state index is -0.835. The minimum Gasteiger partial charge on any atom is -0.481 e. The van der Waals surface area contributed by atoms with Crippen molar-refractivity contribution in [2.75, 3.05) is 10.6 Å². The van der Waals surface area contributed by atoms with Gasteiger partial charge in [0.25, 0.3) is 5.56 Å². The minimum absolute atomic E-state index is 0.0628. The molecule has 38 heavy (non-hydrogen) atoms. The number of hydrogen-bond donors (Lipinski definition) is 3. The van der Waals surface area contributed by atoms with Crippen LogP contribution in [0.15, 0.2) is 89.9 Å². The van der Waals surface area contributed by atoms with Crippen molar-refractivity contribution in [3.63, 3.8) is 0 Å². The highest BCUT2D eigenvalue weighted by Gasteiger charge is 2.13. The fraction of sp³-hybridized carbons (Fsp3) is 0.167. The molecule has 3 N–H and O–H groups in total. The van der Waals surface area contributed by atoms with Crippen molar-refractivity contribution < 1.29 is 14.7 Å². The summed E-state index contributed by atoms with van der Waals surface area (Å²) in [4.78, 5) is 36.7. The predicted octanol–water partition coefficient (Wildman–Crippen LogP) is 6.75. The largest absolute Gasteiger partial charge is 0.481 e. The van der Waals surface area contributed by atoms with E-state index in [1.165, 1.54) is 0 Å². The van der Waals surface area contributed by atoms with Crippen LogP contribution in [0.25, 0.3) is 11.1 Å². The van der Waals surface area contributed by atoms with Crippen LogP contribution in [0.4, 0.5) is 16.2 Å². The molecule has 0 spiro atoms. The van der Waals surface area contributed by atoms with E-state index in [1.807, 2.05) is 62.4 Å². The number of carbonyl (C=O) groups excluding carboxylic acids is 1. The highest BCUT2D eigenvalue weighted by atomic mass is 35.5. The molecule has 0 aliphatic rings. The molecule has 2 amide bonds. The lowest BCUT2D eigenvalue weighted by molar-refractivity contribution is -0.137. The maximum absolute atomic E-state index is 13.3. The molecule has 1 atom stereocenters. The first-order valence-electron chi connectivity index (χ1n) is 12.1. The van der Waals surface area contributed by atoms with Gasteiger partial charge in [-0.25, -0.2) is 4.79 Å². The molecule has 8 heteroatoms. The van der Waals surface area contributed by atoms with Gasteiger partial charge < -0.3 is 20.3 Å². The molecule has 4 aromatic rings. The Morgan fingerprint density at radius 3 is 2.37 bits per heavy atom. The van der Waals surface area contributed by atoms with Gasteiger partial charge in [0.1, 0.15) is 0 Å². The number of pyridine rings is 1. The van der Waals surface area contributed by atoms with Gasteiger partial charge in [-0.15, -0.1) is 0 Å². The molecule has 4 rings (SSSR count). The first-order valence-corrected chi connectivity index (χ1v) is 12.5. The fourth-order valence-electron chi connectivity index (χ4n) is 4.20. The van der Waals surface area contributed by atoms with E-state index in [1.54, 1.807) is 41.1 Å². The standard InChI is InChI=1S/C30H28ClN3O4/c1-19-6-3-4-8-27(19)33-30(38)32-23-13-14-24(26(31)17-23)25-7-5-15-34(29(25)37)18-21-9-11-22(12-10-21)20(2)16-28(35)36/h3-15,17,20H,16,18H2,1-2H3,(H,35,36)(H2,32,33,38)/t20-/m1/s1. The maximum Gasteiger partial charge on any atom is 0.323 e. The van der Waals surface area contributed by atoms with Gasteiger partial charge in [0.05, 0.1) is 18.0 Å². The molecule has 0 aliphatic carbocycles. The molecule has 1 heterocycles. The van der Waals surface area contributed by atoms with Gasteiger partial charge in [0.15, 0.2) is 0 Å². The third-order valence-electron chi connectivity index (χ3n) is 6.31. The van der Waals surface area contributed by atoms with Crippen molar-refractivity contribution in [2.24, 2.45) is 0 Å². The molecular weight excluding hydrogens is 502 g/mol. The van der Waals surface area contributed by atoms with E-state index in [4.69, 9.17) is 16.7 Å². The number of carboxylic acids is 1. The smallest absolute Gasteiger partial charge is 0.323 e. The number of para-hydroxylation sites is 1. The average Bonchev–Trinajstić information content (AvgIpc) is 2.87. The third kappa shape index (κ3) is 6.49. The molecule has 194 valence electrons. The zero-order chi connectivity index (χ0) is 27.2. The summed E-state index contributed by atoms with van der Waals surface area (Å²) >= 11 is 6.54. The second-order valence-electron chi connectivity index (χ2n) is 9.18. The van der Waals surface area contributed by atoms with Crippen molar-refractivity contribution in [1.29, 1.82) is 0 Å². The molecule has 0 unspecified atom stereocenters. The number of carboxylic acid groups (broad SMARTS) is 1. The van der Waals surface area contributed by atoms with Crippen LogP contribution in [0.1, 0.15) is 36.0 Å². The van der Waals surface area contributed by atoms with Crippen LogP contribution in [0, 0.1) is 6.92 Å². The number of benzene rings is 3. The maximum atomic E-state index is 13.3. The Hall–Kier alpha value is -4.36. The molecule has 3 aromatic carbocycles. The Morgan fingerprint density at radius 1 is 0.947 bits per heavy atom. The summed E-state index contributed by atoms with van der Waals surface area (Å²) in [6, 6.07) is 23.2. The lowest BCUT2D eigenvalue weighted by Crippen LogP contribution is -2.21. The van der Waals surface area contributed by atoms with Crippen LogP contribution in [-0.4, -0.2) is 21.7 Å². The van der Waals surface area contributed by atoms with Crippen LogP contribution in [-0.2, 0) is 11.3 Å². The third-order valence-corrected chi connectivity index (χ3v) is 6.63. The van der Waals surface area contributed by atoms with E-state index in [9.17, 15) is 14.4 Å². The zero-order valence-electron chi connectivity index (χ0n) is 21.1. The number of carbonyl (C=O) groups is 2. The van der Waals surface area contributed by atoms with E-state index >= 15 is 0 Å². The van der Waals surface area contributed by atoms with Gasteiger partial charge in [-0.1, -0.05) is 67.1 Å². The number of aliphatic carboxylic acids is 1. The molecule has 0 fully saturated rings. The van der Waals surface area contributed by atoms with Crippen molar-refractivity contribution in [3.05, 3.63) is 117 Å². The number of amides is 2. The number of nitrogens with zero attached hydrogens (tertiary/aromatic N) is 1. The molecule has 0 saturated carbocycles. The molecule has 7 nitrogen and oxygen atoms in total. The number of anilines is 2. The van der Waals surface area contributed by atoms with Crippen molar-refractivity contribution in [3.8, 4) is 11.1 Å². The van der Waals surface area contributed by atoms with Crippen LogP contribution in [0.5, 0.6) is 0 Å². The first-order chi connectivity index (χ1) is 18.2. The molecule has 0 saturated heterocycles. The van der Waals surface area contributed by atoms with Gasteiger partial charge in [-0.2, -0.15) is 0 Å². The quantitative estimate of drug-likeness (QED) is 0.235. The Morgan fingerprint density at radius 2 is 1.68 bits per heavy atom. The normalized spacial score (nSPS) is 11.6. The SMILES string of the molecule is Cc1ccccc1NC(=O)Nc1ccc(-c2cccn(Cc3ccc([C@H](C)CC(=O)O)cc3)c2=O)c(Cl)c1. The zero-order valence-corrected chi connectivity index (χ0v) is 21.8. The lowest BCUT2D eigenvalue weighted by atomic mass is 9.97. The summed E-state index contributed by atoms with van der Waals surface area (Å²) in [6.07, 6.45) is 1.78. The molecule has 0 bridgehead atoms. The number of aromatic nitrogens is 1. The average molecular weight is 530 g/mol. The van der Waals surface area contributed by atoms with E-state index in [0.717, 1.165) is 16.7 Å². The Balaban J connectivity index is 1.48. The fourth-order valence-corrected chi connectivity index (χ4v) is 4.49. The highest BCUT2D eigenvalue weighted by molar-refractivity contribution is 6.33. The highest BCUT2D eigenvalue weighted by Crippen LogP contribution is 2.29. The summed E-state index contributed by atoms with van der Waals surface area (Å²) in [5.74, 6) is -0.932. The molecule has 1 aromatic heterocycles.